The van der Waals surface area contributed by atoms with Crippen LogP contribution in [0.25, 0.3) is 0 Å². The maximum Gasteiger partial charge on any atom is 0.348 e. The fourth-order valence-corrected chi connectivity index (χ4v) is 1.39. The molecule has 98 valence electrons. The number of hydrogen-bond acceptors (Lipinski definition) is 5. The van der Waals surface area contributed by atoms with Gasteiger partial charge in [0.2, 0.25) is 6.04 Å². The van der Waals surface area contributed by atoms with Gasteiger partial charge in [-0.15, -0.1) is 0 Å². The van der Waals surface area contributed by atoms with Crippen molar-refractivity contribution in [1.29, 1.82) is 5.26 Å². The Balaban J connectivity index is 3.11. The predicted molar refractivity (Wildman–Crippen MR) is 61.0 cm³/mol. The maximum atomic E-state index is 11.4. The lowest BCUT2D eigenvalue weighted by molar-refractivity contribution is -0.705. The van der Waals surface area contributed by atoms with E-state index in [1.807, 2.05) is 0 Å². The maximum absolute atomic E-state index is 11.4. The first-order valence-electron chi connectivity index (χ1n) is 5.55. The lowest BCUT2D eigenvalue weighted by Gasteiger charge is -2.09. The van der Waals surface area contributed by atoms with Gasteiger partial charge in [-0.05, 0) is 6.92 Å². The first-order valence-corrected chi connectivity index (χ1v) is 5.55. The topological polar surface area (TPSA) is 94.1 Å². The second-order valence-electron chi connectivity index (χ2n) is 3.50. The van der Waals surface area contributed by atoms with E-state index in [1.54, 1.807) is 31.2 Å². The van der Waals surface area contributed by atoms with Crippen molar-refractivity contribution in [3.8, 4) is 6.07 Å². The van der Waals surface area contributed by atoms with E-state index in [2.05, 4.69) is 4.74 Å². The number of aliphatic carboxylic acids is 1. The first-order chi connectivity index (χ1) is 9.10. The molecule has 1 heterocycles. The average Bonchev–Trinajstić information content (AvgIpc) is 2.40. The van der Waals surface area contributed by atoms with Crippen molar-refractivity contribution in [2.75, 3.05) is 6.61 Å². The normalized spacial score (nSPS) is 12.3. The van der Waals surface area contributed by atoms with Crippen molar-refractivity contribution in [1.82, 2.24) is 0 Å². The highest BCUT2D eigenvalue weighted by Gasteiger charge is 2.21. The van der Waals surface area contributed by atoms with Crippen LogP contribution >= 0.6 is 0 Å². The van der Waals surface area contributed by atoms with E-state index in [9.17, 15) is 14.7 Å². The molecule has 0 aliphatic carbocycles. The molecule has 1 aromatic heterocycles. The number of carboxylic acids is 1. The minimum Gasteiger partial charge on any atom is -0.543 e. The smallest absolute Gasteiger partial charge is 0.348 e. The summed E-state index contributed by atoms with van der Waals surface area (Å²) in [5.74, 6) is -2.28. The Morgan fingerprint density at radius 2 is 2.05 bits per heavy atom. The molecule has 1 aromatic rings. The molecule has 0 radical (unpaired) electrons. The van der Waals surface area contributed by atoms with Crippen molar-refractivity contribution in [3.05, 3.63) is 42.2 Å². The van der Waals surface area contributed by atoms with Crippen molar-refractivity contribution in [3.63, 3.8) is 0 Å². The number of esters is 1. The van der Waals surface area contributed by atoms with Crippen molar-refractivity contribution in [2.45, 2.75) is 13.0 Å². The van der Waals surface area contributed by atoms with Gasteiger partial charge in [-0.25, -0.2) is 4.79 Å². The Labute approximate surface area is 110 Å². The van der Waals surface area contributed by atoms with Gasteiger partial charge in [0.15, 0.2) is 12.4 Å². The molecule has 0 aromatic carbocycles. The van der Waals surface area contributed by atoms with Gasteiger partial charge in [0.25, 0.3) is 0 Å². The number of rotatable bonds is 5. The van der Waals surface area contributed by atoms with E-state index in [-0.39, 0.29) is 12.2 Å². The molecule has 1 rings (SSSR count). The van der Waals surface area contributed by atoms with Crippen LogP contribution in [0.3, 0.4) is 0 Å². The third-order valence-corrected chi connectivity index (χ3v) is 2.24. The largest absolute Gasteiger partial charge is 0.543 e. The SMILES string of the molecule is CCOC(=O)C(C#N)=CC(C(=O)[O-])[n+]1ccccc1. The van der Waals surface area contributed by atoms with Crippen LogP contribution in [0.5, 0.6) is 0 Å². The zero-order chi connectivity index (χ0) is 14.3. The number of nitriles is 1. The van der Waals surface area contributed by atoms with E-state index in [4.69, 9.17) is 5.26 Å². The Bertz CT molecular complexity index is 531. The second kappa shape index (κ2) is 6.91. The molecule has 19 heavy (non-hydrogen) atoms. The zero-order valence-electron chi connectivity index (χ0n) is 10.3. The third kappa shape index (κ3) is 3.92. The molecule has 0 saturated carbocycles. The summed E-state index contributed by atoms with van der Waals surface area (Å²) in [5.41, 5.74) is -0.368. The molecular weight excluding hydrogens is 248 g/mol. The van der Waals surface area contributed by atoms with Gasteiger partial charge in [-0.1, -0.05) is 6.07 Å². The van der Waals surface area contributed by atoms with Gasteiger partial charge < -0.3 is 14.6 Å². The lowest BCUT2D eigenvalue weighted by Crippen LogP contribution is -2.48. The summed E-state index contributed by atoms with van der Waals surface area (Å²) in [7, 11) is 0. The van der Waals surface area contributed by atoms with Crippen molar-refractivity contribution >= 4 is 11.9 Å². The number of pyridine rings is 1. The van der Waals surface area contributed by atoms with Gasteiger partial charge in [-0.2, -0.15) is 9.83 Å². The molecular formula is C13H12N2O4. The van der Waals surface area contributed by atoms with Crippen LogP contribution in [-0.2, 0) is 14.3 Å². The Morgan fingerprint density at radius 3 is 2.53 bits per heavy atom. The summed E-state index contributed by atoms with van der Waals surface area (Å²) >= 11 is 0. The summed E-state index contributed by atoms with van der Waals surface area (Å²) < 4.78 is 5.97. The molecule has 6 heteroatoms. The molecule has 0 saturated heterocycles. The number of carbonyl (C=O) groups is 2. The van der Waals surface area contributed by atoms with Crippen LogP contribution in [0.4, 0.5) is 0 Å². The average molecular weight is 260 g/mol. The monoisotopic (exact) mass is 260 g/mol. The Hall–Kier alpha value is -2.68. The highest BCUT2D eigenvalue weighted by Crippen LogP contribution is 2.05. The fourth-order valence-electron chi connectivity index (χ4n) is 1.39. The number of hydrogen-bond donors (Lipinski definition) is 0. The van der Waals surface area contributed by atoms with E-state index in [0.717, 1.165) is 6.08 Å². The van der Waals surface area contributed by atoms with Crippen LogP contribution < -0.4 is 9.67 Å². The summed E-state index contributed by atoms with van der Waals surface area (Å²) in [6.07, 6.45) is 4.00. The quantitative estimate of drug-likeness (QED) is 0.301. The molecule has 0 aliphatic rings. The predicted octanol–water partition coefficient (Wildman–Crippen LogP) is -0.722. The van der Waals surface area contributed by atoms with Gasteiger partial charge in [-0.3, -0.25) is 0 Å². The number of aromatic nitrogens is 1. The van der Waals surface area contributed by atoms with E-state index >= 15 is 0 Å². The minimum absolute atomic E-state index is 0.103. The number of ether oxygens (including phenoxy) is 1. The zero-order valence-corrected chi connectivity index (χ0v) is 10.3. The third-order valence-electron chi connectivity index (χ3n) is 2.24. The molecule has 1 atom stereocenters. The van der Waals surface area contributed by atoms with Gasteiger partial charge in [0.05, 0.1) is 6.61 Å². The van der Waals surface area contributed by atoms with E-state index < -0.39 is 18.0 Å². The number of nitrogens with zero attached hydrogens (tertiary/aromatic N) is 2. The second-order valence-corrected chi connectivity index (χ2v) is 3.50. The van der Waals surface area contributed by atoms with Gasteiger partial charge in [0, 0.05) is 18.2 Å². The Morgan fingerprint density at radius 1 is 1.42 bits per heavy atom. The molecule has 0 spiro atoms. The van der Waals surface area contributed by atoms with Crippen LogP contribution in [0.2, 0.25) is 0 Å². The van der Waals surface area contributed by atoms with Crippen LogP contribution in [0.1, 0.15) is 13.0 Å². The molecule has 0 N–H and O–H groups in total. The Kier molecular flexibility index (Phi) is 5.23. The number of carboxylic acid groups (broad SMARTS) is 1. The standard InChI is InChI=1S/C13H12N2O4/c1-2-19-13(18)10(9-14)8-11(12(16)17)15-6-4-3-5-7-15/h3-8,11H,2H2,1H3. The van der Waals surface area contributed by atoms with Crippen LogP contribution in [0.15, 0.2) is 42.2 Å². The summed E-state index contributed by atoms with van der Waals surface area (Å²) in [4.78, 5) is 22.5. The molecule has 0 bridgehead atoms. The first kappa shape index (κ1) is 14.4. The summed E-state index contributed by atoms with van der Waals surface area (Å²) in [6.45, 7) is 1.70. The van der Waals surface area contributed by atoms with Crippen molar-refractivity contribution < 1.29 is 24.0 Å². The minimum atomic E-state index is -1.42. The van der Waals surface area contributed by atoms with E-state index in [0.29, 0.717) is 0 Å². The fraction of sp³-hybridized carbons (Fsp3) is 0.231. The van der Waals surface area contributed by atoms with Gasteiger partial charge >= 0.3 is 5.97 Å². The molecule has 0 fully saturated rings. The molecule has 0 aliphatic heterocycles. The molecule has 0 amide bonds. The summed E-state index contributed by atoms with van der Waals surface area (Å²) in [5, 5.41) is 20.0. The van der Waals surface area contributed by atoms with Crippen LogP contribution in [0, 0.1) is 11.3 Å². The highest BCUT2D eigenvalue weighted by atomic mass is 16.5. The molecule has 6 nitrogen and oxygen atoms in total. The lowest BCUT2D eigenvalue weighted by atomic mass is 10.1. The van der Waals surface area contributed by atoms with E-state index in [1.165, 1.54) is 17.0 Å². The molecule has 1 unspecified atom stereocenters. The van der Waals surface area contributed by atoms with Gasteiger partial charge in [0.1, 0.15) is 17.6 Å². The highest BCUT2D eigenvalue weighted by molar-refractivity contribution is 5.93. The van der Waals surface area contributed by atoms with Crippen LogP contribution in [-0.4, -0.2) is 18.5 Å². The van der Waals surface area contributed by atoms with Crippen molar-refractivity contribution in [2.24, 2.45) is 0 Å². The number of carbonyl (C=O) groups excluding carboxylic acids is 2. The summed E-state index contributed by atoms with van der Waals surface area (Å²) in [6, 6.07) is 5.34.